The van der Waals surface area contributed by atoms with Gasteiger partial charge >= 0.3 is 6.43 Å². The Balaban J connectivity index is 1.79. The average molecular weight is 176 g/mol. The topological polar surface area (TPSA) is 41.1 Å². The van der Waals surface area contributed by atoms with E-state index in [1.807, 2.05) is 0 Å². The summed E-state index contributed by atoms with van der Waals surface area (Å²) >= 11 is 0. The monoisotopic (exact) mass is 176 g/mol. The molecular formula is C7H10F2N2O. The predicted molar refractivity (Wildman–Crippen MR) is 37.8 cm³/mol. The Bertz CT molecular complexity index is 200. The van der Waals surface area contributed by atoms with E-state index in [9.17, 15) is 13.6 Å². The minimum Gasteiger partial charge on any atom is -0.348 e. The molecule has 1 amide bonds. The highest BCUT2D eigenvalue weighted by Gasteiger charge is 2.53. The van der Waals surface area contributed by atoms with E-state index in [1.54, 1.807) is 0 Å². The van der Waals surface area contributed by atoms with Crippen LogP contribution in [0.25, 0.3) is 0 Å². The number of hydrogen-bond acceptors (Lipinski definition) is 2. The molecule has 0 bridgehead atoms. The van der Waals surface area contributed by atoms with Crippen LogP contribution in [0.2, 0.25) is 0 Å². The summed E-state index contributed by atoms with van der Waals surface area (Å²) in [5, 5.41) is 5.44. The second-order valence-corrected chi connectivity index (χ2v) is 3.32. The van der Waals surface area contributed by atoms with Crippen molar-refractivity contribution in [2.75, 3.05) is 13.1 Å². The Morgan fingerprint density at radius 3 is 2.50 bits per heavy atom. The fourth-order valence-electron chi connectivity index (χ4n) is 1.86. The Kier molecular flexibility index (Phi) is 1.75. The molecule has 2 rings (SSSR count). The molecule has 1 aliphatic carbocycles. The van der Waals surface area contributed by atoms with Gasteiger partial charge in [-0.3, -0.25) is 4.79 Å². The summed E-state index contributed by atoms with van der Waals surface area (Å²) in [6.45, 7) is 1.69. The van der Waals surface area contributed by atoms with Crippen LogP contribution in [0.4, 0.5) is 8.78 Å². The SMILES string of the molecule is O=C(NC1C2CNCC21)C(F)F. The van der Waals surface area contributed by atoms with Gasteiger partial charge in [-0.25, -0.2) is 0 Å². The van der Waals surface area contributed by atoms with Crippen LogP contribution in [0.3, 0.4) is 0 Å². The zero-order valence-electron chi connectivity index (χ0n) is 6.39. The van der Waals surface area contributed by atoms with Crippen molar-refractivity contribution in [2.45, 2.75) is 12.5 Å². The molecule has 1 saturated heterocycles. The maximum Gasteiger partial charge on any atom is 0.315 e. The van der Waals surface area contributed by atoms with Crippen molar-refractivity contribution in [1.29, 1.82) is 0 Å². The molecule has 1 heterocycles. The molecule has 3 nitrogen and oxygen atoms in total. The highest BCUT2D eigenvalue weighted by molar-refractivity contribution is 5.79. The van der Waals surface area contributed by atoms with Crippen molar-refractivity contribution in [1.82, 2.24) is 10.6 Å². The molecule has 1 saturated carbocycles. The van der Waals surface area contributed by atoms with E-state index in [-0.39, 0.29) is 6.04 Å². The van der Waals surface area contributed by atoms with Gasteiger partial charge in [-0.1, -0.05) is 0 Å². The first kappa shape index (κ1) is 7.91. The van der Waals surface area contributed by atoms with E-state index in [1.165, 1.54) is 0 Å². The van der Waals surface area contributed by atoms with Crippen LogP contribution < -0.4 is 10.6 Å². The van der Waals surface area contributed by atoms with Crippen LogP contribution in [0.5, 0.6) is 0 Å². The molecular weight excluding hydrogens is 166 g/mol. The lowest BCUT2D eigenvalue weighted by molar-refractivity contribution is -0.132. The Hall–Kier alpha value is -0.710. The van der Waals surface area contributed by atoms with E-state index in [0.29, 0.717) is 11.8 Å². The number of halogens is 2. The fourth-order valence-corrected chi connectivity index (χ4v) is 1.86. The second-order valence-electron chi connectivity index (χ2n) is 3.32. The van der Waals surface area contributed by atoms with Gasteiger partial charge in [0.15, 0.2) is 0 Å². The molecule has 2 aliphatic rings. The molecule has 0 aromatic heterocycles. The second kappa shape index (κ2) is 2.65. The van der Waals surface area contributed by atoms with Gasteiger partial charge in [-0.2, -0.15) is 8.78 Å². The molecule has 1 aliphatic heterocycles. The van der Waals surface area contributed by atoms with Crippen LogP contribution in [0.15, 0.2) is 0 Å². The quantitative estimate of drug-likeness (QED) is 0.600. The van der Waals surface area contributed by atoms with E-state index in [2.05, 4.69) is 10.6 Å². The highest BCUT2D eigenvalue weighted by Crippen LogP contribution is 2.41. The van der Waals surface area contributed by atoms with Crippen molar-refractivity contribution in [2.24, 2.45) is 11.8 Å². The molecule has 68 valence electrons. The number of fused-ring (bicyclic) bond motifs is 1. The summed E-state index contributed by atoms with van der Waals surface area (Å²) in [5.41, 5.74) is 0. The Labute approximate surface area is 68.5 Å². The summed E-state index contributed by atoms with van der Waals surface area (Å²) < 4.78 is 23.5. The number of alkyl halides is 2. The standard InChI is InChI=1S/C7H10F2N2O/c8-6(9)7(12)11-5-3-1-10-2-4(3)5/h3-6,10H,1-2H2,(H,11,12). The third-order valence-corrected chi connectivity index (χ3v) is 2.60. The van der Waals surface area contributed by atoms with Crippen molar-refractivity contribution < 1.29 is 13.6 Å². The van der Waals surface area contributed by atoms with E-state index in [0.717, 1.165) is 13.1 Å². The summed E-state index contributed by atoms with van der Waals surface area (Å²) in [7, 11) is 0. The third kappa shape index (κ3) is 1.18. The van der Waals surface area contributed by atoms with Gasteiger partial charge in [-0.05, 0) is 11.8 Å². The van der Waals surface area contributed by atoms with Gasteiger partial charge in [0.2, 0.25) is 0 Å². The Morgan fingerprint density at radius 2 is 2.00 bits per heavy atom. The van der Waals surface area contributed by atoms with Crippen LogP contribution in [-0.4, -0.2) is 31.5 Å². The lowest BCUT2D eigenvalue weighted by Crippen LogP contribution is -2.36. The first-order valence-corrected chi connectivity index (χ1v) is 3.99. The predicted octanol–water partition coefficient (Wildman–Crippen LogP) is -0.415. The molecule has 2 fully saturated rings. The molecule has 0 spiro atoms. The van der Waals surface area contributed by atoms with Crippen molar-refractivity contribution in [3.8, 4) is 0 Å². The summed E-state index contributed by atoms with van der Waals surface area (Å²) in [5.74, 6) is -0.338. The number of piperidine rings is 1. The number of carbonyl (C=O) groups is 1. The van der Waals surface area contributed by atoms with Crippen molar-refractivity contribution in [3.63, 3.8) is 0 Å². The van der Waals surface area contributed by atoms with Crippen molar-refractivity contribution >= 4 is 5.91 Å². The smallest absolute Gasteiger partial charge is 0.315 e. The molecule has 0 radical (unpaired) electrons. The maximum absolute atomic E-state index is 11.8. The van der Waals surface area contributed by atoms with E-state index < -0.39 is 12.3 Å². The first-order valence-electron chi connectivity index (χ1n) is 3.99. The zero-order valence-corrected chi connectivity index (χ0v) is 6.39. The first-order chi connectivity index (χ1) is 5.70. The molecule has 2 N–H and O–H groups in total. The summed E-state index contributed by atoms with van der Waals surface area (Å²) in [6, 6.07) is 0.00718. The van der Waals surface area contributed by atoms with Crippen LogP contribution in [-0.2, 0) is 4.79 Å². The van der Waals surface area contributed by atoms with Gasteiger partial charge in [0.25, 0.3) is 5.91 Å². The van der Waals surface area contributed by atoms with Crippen LogP contribution in [0, 0.1) is 11.8 Å². The van der Waals surface area contributed by atoms with Crippen LogP contribution in [0.1, 0.15) is 0 Å². The largest absolute Gasteiger partial charge is 0.348 e. The van der Waals surface area contributed by atoms with Gasteiger partial charge in [0, 0.05) is 19.1 Å². The van der Waals surface area contributed by atoms with Gasteiger partial charge in [-0.15, -0.1) is 0 Å². The van der Waals surface area contributed by atoms with E-state index in [4.69, 9.17) is 0 Å². The lowest BCUT2D eigenvalue weighted by atomic mass is 10.4. The Morgan fingerprint density at radius 1 is 1.42 bits per heavy atom. The molecule has 0 aromatic rings. The molecule has 12 heavy (non-hydrogen) atoms. The molecule has 0 aromatic carbocycles. The zero-order chi connectivity index (χ0) is 8.72. The number of nitrogens with one attached hydrogen (secondary N) is 2. The lowest BCUT2D eigenvalue weighted by Gasteiger charge is -2.06. The average Bonchev–Trinajstić information content (AvgIpc) is 2.46. The number of hydrogen-bond donors (Lipinski definition) is 2. The number of amides is 1. The molecule has 5 heteroatoms. The van der Waals surface area contributed by atoms with Gasteiger partial charge < -0.3 is 10.6 Å². The van der Waals surface area contributed by atoms with Gasteiger partial charge in [0.05, 0.1) is 0 Å². The minimum absolute atomic E-state index is 0.00718. The normalized spacial score (nSPS) is 38.1. The highest BCUT2D eigenvalue weighted by atomic mass is 19.3. The van der Waals surface area contributed by atoms with Gasteiger partial charge in [0.1, 0.15) is 0 Å². The summed E-state index contributed by atoms with van der Waals surface area (Å²) in [4.78, 5) is 10.5. The molecule has 2 unspecified atom stereocenters. The third-order valence-electron chi connectivity index (χ3n) is 2.60. The van der Waals surface area contributed by atoms with E-state index >= 15 is 0 Å². The number of carbonyl (C=O) groups excluding carboxylic acids is 1. The molecule has 2 atom stereocenters. The van der Waals surface area contributed by atoms with Crippen molar-refractivity contribution in [3.05, 3.63) is 0 Å². The van der Waals surface area contributed by atoms with Crippen LogP contribution >= 0.6 is 0 Å². The fraction of sp³-hybridized carbons (Fsp3) is 0.857. The minimum atomic E-state index is -2.88. The number of rotatable bonds is 2. The maximum atomic E-state index is 11.8. The summed E-state index contributed by atoms with van der Waals surface area (Å²) in [6.07, 6.45) is -2.88.